The molecule has 0 aliphatic heterocycles. The molecule has 0 saturated carbocycles. The lowest BCUT2D eigenvalue weighted by atomic mass is 10.1. The van der Waals surface area contributed by atoms with E-state index in [0.29, 0.717) is 5.75 Å². The fourth-order valence-corrected chi connectivity index (χ4v) is 1.34. The summed E-state index contributed by atoms with van der Waals surface area (Å²) in [6.45, 7) is 3.38. The summed E-state index contributed by atoms with van der Waals surface area (Å²) in [7, 11) is 0. The zero-order chi connectivity index (χ0) is 14.6. The molecule has 0 saturated heterocycles. The van der Waals surface area contributed by atoms with Crippen LogP contribution in [0.5, 0.6) is 5.75 Å². The van der Waals surface area contributed by atoms with Gasteiger partial charge in [-0.1, -0.05) is 28.1 Å². The molecule has 0 bridgehead atoms. The number of carbonyl (C=O) groups excluding carboxylic acids is 1. The minimum absolute atomic E-state index is 0.230. The molecule has 0 spiro atoms. The number of hydrogen-bond acceptors (Lipinski definition) is 4. The van der Waals surface area contributed by atoms with Crippen molar-refractivity contribution < 1.29 is 19.4 Å². The van der Waals surface area contributed by atoms with Crippen molar-refractivity contribution in [1.82, 2.24) is 0 Å². The summed E-state index contributed by atoms with van der Waals surface area (Å²) in [6.07, 6.45) is 0.230. The molecule has 0 aliphatic carbocycles. The minimum atomic E-state index is -1.04. The first-order valence-electron chi connectivity index (χ1n) is 5.68. The quantitative estimate of drug-likeness (QED) is 0.487. The Balaban J connectivity index is 2.67. The number of ether oxygens (including phenoxy) is 1. The molecule has 0 fully saturated rings. The predicted molar refractivity (Wildman–Crippen MR) is 74.4 cm³/mol. The van der Waals surface area contributed by atoms with Crippen LogP contribution in [0.1, 0.15) is 19.4 Å². The summed E-state index contributed by atoms with van der Waals surface area (Å²) in [6, 6.07) is 5.66. The Hall–Kier alpha value is -1.40. The summed E-state index contributed by atoms with van der Waals surface area (Å²) >= 11 is 3.21. The normalized spacial score (nSPS) is 12.8. The minimum Gasteiger partial charge on any atom is -0.480 e. The van der Waals surface area contributed by atoms with Gasteiger partial charge in [0, 0.05) is 0 Å². The molecular formula is C13H16BrNO4. The van der Waals surface area contributed by atoms with Gasteiger partial charge in [-0.2, -0.15) is 0 Å². The third kappa shape index (κ3) is 5.00. The first-order chi connectivity index (χ1) is 8.70. The van der Waals surface area contributed by atoms with Gasteiger partial charge < -0.3 is 15.6 Å². The SMILES string of the molecule is CC(C)(Br)C(=O)Oc1ccc(CC(N)C(=O)O)cc1. The summed E-state index contributed by atoms with van der Waals surface area (Å²) in [5, 5.41) is 8.71. The molecule has 1 atom stereocenters. The van der Waals surface area contributed by atoms with Crippen molar-refractivity contribution in [1.29, 1.82) is 0 Å². The molecular weight excluding hydrogens is 314 g/mol. The number of carboxylic acids is 1. The average molecular weight is 330 g/mol. The fourth-order valence-electron chi connectivity index (χ4n) is 1.26. The van der Waals surface area contributed by atoms with E-state index in [0.717, 1.165) is 5.56 Å². The molecule has 1 rings (SSSR count). The maximum absolute atomic E-state index is 11.6. The third-order valence-electron chi connectivity index (χ3n) is 2.39. The number of halogens is 1. The highest BCUT2D eigenvalue weighted by atomic mass is 79.9. The fraction of sp³-hybridized carbons (Fsp3) is 0.385. The molecule has 104 valence electrons. The van der Waals surface area contributed by atoms with Gasteiger partial charge in [-0.3, -0.25) is 9.59 Å². The van der Waals surface area contributed by atoms with E-state index in [1.807, 2.05) is 0 Å². The number of carboxylic acid groups (broad SMARTS) is 1. The monoisotopic (exact) mass is 329 g/mol. The molecule has 1 unspecified atom stereocenters. The van der Waals surface area contributed by atoms with Crippen LogP contribution in [0.3, 0.4) is 0 Å². The number of aliphatic carboxylic acids is 1. The molecule has 5 nitrogen and oxygen atoms in total. The van der Waals surface area contributed by atoms with Crippen molar-refractivity contribution in [3.05, 3.63) is 29.8 Å². The van der Waals surface area contributed by atoms with Gasteiger partial charge in [0.15, 0.2) is 0 Å². The van der Waals surface area contributed by atoms with Crippen LogP contribution in [0.15, 0.2) is 24.3 Å². The summed E-state index contributed by atoms with van der Waals surface area (Å²) < 4.78 is 4.40. The van der Waals surface area contributed by atoms with E-state index >= 15 is 0 Å². The van der Waals surface area contributed by atoms with Crippen molar-refractivity contribution in [3.8, 4) is 5.75 Å². The Morgan fingerprint density at radius 2 is 1.89 bits per heavy atom. The van der Waals surface area contributed by atoms with Crippen LogP contribution < -0.4 is 10.5 Å². The summed E-state index contributed by atoms with van der Waals surface area (Å²) in [5.41, 5.74) is 6.20. The summed E-state index contributed by atoms with van der Waals surface area (Å²) in [5.74, 6) is -1.04. The molecule has 0 heterocycles. The maximum Gasteiger partial charge on any atom is 0.327 e. The Morgan fingerprint density at radius 3 is 2.32 bits per heavy atom. The highest BCUT2D eigenvalue weighted by Gasteiger charge is 2.26. The second kappa shape index (κ2) is 6.16. The van der Waals surface area contributed by atoms with Gasteiger partial charge in [0.1, 0.15) is 16.1 Å². The van der Waals surface area contributed by atoms with E-state index in [1.54, 1.807) is 38.1 Å². The highest BCUT2D eigenvalue weighted by Crippen LogP contribution is 2.21. The topological polar surface area (TPSA) is 89.6 Å². The molecule has 6 heteroatoms. The number of nitrogens with two attached hydrogens (primary N) is 1. The van der Waals surface area contributed by atoms with Crippen molar-refractivity contribution in [2.24, 2.45) is 5.73 Å². The Morgan fingerprint density at radius 1 is 1.37 bits per heavy atom. The van der Waals surface area contributed by atoms with Crippen LogP contribution in [0.4, 0.5) is 0 Å². The zero-order valence-electron chi connectivity index (χ0n) is 10.7. The molecule has 19 heavy (non-hydrogen) atoms. The zero-order valence-corrected chi connectivity index (χ0v) is 12.3. The standard InChI is InChI=1S/C13H16BrNO4/c1-13(2,14)12(18)19-9-5-3-8(4-6-9)7-10(15)11(16)17/h3-6,10H,7,15H2,1-2H3,(H,16,17). The van der Waals surface area contributed by atoms with Gasteiger partial charge in [-0.15, -0.1) is 0 Å². The Kier molecular flexibility index (Phi) is 5.08. The molecule has 1 aromatic rings. The van der Waals surface area contributed by atoms with Gasteiger partial charge in [0.25, 0.3) is 0 Å². The van der Waals surface area contributed by atoms with E-state index in [9.17, 15) is 9.59 Å². The molecule has 0 aromatic heterocycles. The van der Waals surface area contributed by atoms with Crippen LogP contribution in [0.25, 0.3) is 0 Å². The first kappa shape index (κ1) is 15.7. The maximum atomic E-state index is 11.6. The van der Waals surface area contributed by atoms with Crippen LogP contribution >= 0.6 is 15.9 Å². The van der Waals surface area contributed by atoms with Crippen molar-refractivity contribution >= 4 is 27.9 Å². The summed E-state index contributed by atoms with van der Waals surface area (Å²) in [4.78, 5) is 22.2. The Bertz CT molecular complexity index is 465. The van der Waals surface area contributed by atoms with Gasteiger partial charge >= 0.3 is 11.9 Å². The number of alkyl halides is 1. The van der Waals surface area contributed by atoms with E-state index in [2.05, 4.69) is 15.9 Å². The van der Waals surface area contributed by atoms with Gasteiger partial charge in [-0.25, -0.2) is 0 Å². The average Bonchev–Trinajstić information content (AvgIpc) is 2.30. The largest absolute Gasteiger partial charge is 0.480 e. The van der Waals surface area contributed by atoms with Crippen LogP contribution in [-0.4, -0.2) is 27.4 Å². The molecule has 0 amide bonds. The number of benzene rings is 1. The second-order valence-corrected chi connectivity index (χ2v) is 6.64. The number of esters is 1. The van der Waals surface area contributed by atoms with Crippen molar-refractivity contribution in [2.45, 2.75) is 30.6 Å². The van der Waals surface area contributed by atoms with Gasteiger partial charge in [-0.05, 0) is 38.0 Å². The molecule has 1 aromatic carbocycles. The van der Waals surface area contributed by atoms with E-state index in [4.69, 9.17) is 15.6 Å². The lowest BCUT2D eigenvalue weighted by molar-refractivity contribution is -0.138. The second-order valence-electron chi connectivity index (χ2n) is 4.65. The van der Waals surface area contributed by atoms with E-state index in [1.165, 1.54) is 0 Å². The van der Waals surface area contributed by atoms with Crippen LogP contribution in [-0.2, 0) is 16.0 Å². The van der Waals surface area contributed by atoms with Gasteiger partial charge in [0.05, 0.1) is 0 Å². The van der Waals surface area contributed by atoms with Gasteiger partial charge in [0.2, 0.25) is 0 Å². The lowest BCUT2D eigenvalue weighted by Crippen LogP contribution is -2.32. The van der Waals surface area contributed by atoms with E-state index < -0.39 is 22.3 Å². The molecule has 0 aliphatic rings. The lowest BCUT2D eigenvalue weighted by Gasteiger charge is -2.14. The predicted octanol–water partition coefficient (Wildman–Crippen LogP) is 1.72. The number of carbonyl (C=O) groups is 2. The van der Waals surface area contributed by atoms with Crippen LogP contribution in [0, 0.1) is 0 Å². The molecule has 0 radical (unpaired) electrons. The van der Waals surface area contributed by atoms with E-state index in [-0.39, 0.29) is 6.42 Å². The van der Waals surface area contributed by atoms with Crippen molar-refractivity contribution in [3.63, 3.8) is 0 Å². The van der Waals surface area contributed by atoms with Crippen molar-refractivity contribution in [2.75, 3.05) is 0 Å². The first-order valence-corrected chi connectivity index (χ1v) is 6.48. The highest BCUT2D eigenvalue weighted by molar-refractivity contribution is 9.10. The third-order valence-corrected chi connectivity index (χ3v) is 2.72. The Labute approximate surface area is 119 Å². The number of rotatable bonds is 5. The molecule has 3 N–H and O–H groups in total. The van der Waals surface area contributed by atoms with Crippen LogP contribution in [0.2, 0.25) is 0 Å². The number of hydrogen-bond donors (Lipinski definition) is 2. The smallest absolute Gasteiger partial charge is 0.327 e.